The molecule has 0 spiro atoms. The van der Waals surface area contributed by atoms with Crippen LogP contribution in [0.25, 0.3) is 5.70 Å². The van der Waals surface area contributed by atoms with Crippen molar-refractivity contribution in [3.05, 3.63) is 65.2 Å². The van der Waals surface area contributed by atoms with E-state index in [1.54, 1.807) is 38.3 Å². The third kappa shape index (κ3) is 7.10. The molecule has 33 heavy (non-hydrogen) atoms. The number of nitrogens with two attached hydrogens (primary N) is 1. The Morgan fingerprint density at radius 1 is 1.12 bits per heavy atom. The number of rotatable bonds is 10. The Morgan fingerprint density at radius 3 is 2.33 bits per heavy atom. The van der Waals surface area contributed by atoms with Crippen molar-refractivity contribution in [2.75, 3.05) is 20.8 Å². The van der Waals surface area contributed by atoms with Gasteiger partial charge < -0.3 is 25.6 Å². The van der Waals surface area contributed by atoms with E-state index in [4.69, 9.17) is 15.2 Å². The molecule has 176 valence electrons. The molecule has 8 heteroatoms. The van der Waals surface area contributed by atoms with Crippen LogP contribution in [-0.2, 0) is 16.0 Å². The average Bonchev–Trinajstić information content (AvgIpc) is 2.77. The molecule has 0 radical (unpaired) electrons. The molecule has 2 aromatic rings. The van der Waals surface area contributed by atoms with Gasteiger partial charge in [0.15, 0.2) is 0 Å². The van der Waals surface area contributed by atoms with E-state index in [2.05, 4.69) is 10.3 Å². The summed E-state index contributed by atoms with van der Waals surface area (Å²) in [6, 6.07) is 14.2. The highest BCUT2D eigenvalue weighted by Gasteiger charge is 2.24. The highest BCUT2D eigenvalue weighted by molar-refractivity contribution is 6.23. The molecule has 8 nitrogen and oxygen atoms in total. The number of hydrogen-bond acceptors (Lipinski definition) is 6. The SMILES string of the molecule is CN=C(C)/C(C(=O)O)=C(/N)c1ccccc1OCC(C)(C)NC(=O)Cc1ccc(OC)cc1. The summed E-state index contributed by atoms with van der Waals surface area (Å²) >= 11 is 0. The van der Waals surface area contributed by atoms with Crippen molar-refractivity contribution in [3.8, 4) is 11.5 Å². The fourth-order valence-electron chi connectivity index (χ4n) is 3.17. The molecule has 0 aliphatic carbocycles. The zero-order valence-corrected chi connectivity index (χ0v) is 19.6. The zero-order valence-electron chi connectivity index (χ0n) is 19.6. The van der Waals surface area contributed by atoms with Crippen molar-refractivity contribution < 1.29 is 24.2 Å². The second-order valence-corrected chi connectivity index (χ2v) is 8.14. The van der Waals surface area contributed by atoms with E-state index in [9.17, 15) is 14.7 Å². The molecule has 0 bridgehead atoms. The van der Waals surface area contributed by atoms with Crippen LogP contribution in [0.5, 0.6) is 11.5 Å². The Bertz CT molecular complexity index is 1060. The minimum absolute atomic E-state index is 0.0579. The zero-order chi connectivity index (χ0) is 24.6. The number of benzene rings is 2. The Balaban J connectivity index is 2.13. The number of nitrogens with one attached hydrogen (secondary N) is 1. The van der Waals surface area contributed by atoms with Crippen molar-refractivity contribution in [2.45, 2.75) is 32.7 Å². The number of ether oxygens (including phenoxy) is 2. The van der Waals surface area contributed by atoms with Gasteiger partial charge in [-0.3, -0.25) is 9.79 Å². The van der Waals surface area contributed by atoms with Gasteiger partial charge in [-0.25, -0.2) is 4.79 Å². The molecule has 0 saturated carbocycles. The lowest BCUT2D eigenvalue weighted by atomic mass is 10.0. The van der Waals surface area contributed by atoms with E-state index in [-0.39, 0.29) is 30.2 Å². The first-order valence-electron chi connectivity index (χ1n) is 10.4. The summed E-state index contributed by atoms with van der Waals surface area (Å²) in [7, 11) is 3.10. The normalized spacial score (nSPS) is 12.6. The van der Waals surface area contributed by atoms with Gasteiger partial charge >= 0.3 is 5.97 Å². The maximum Gasteiger partial charge on any atom is 0.339 e. The van der Waals surface area contributed by atoms with E-state index < -0.39 is 11.5 Å². The van der Waals surface area contributed by atoms with E-state index in [1.165, 1.54) is 7.05 Å². The summed E-state index contributed by atoms with van der Waals surface area (Å²) < 4.78 is 11.1. The van der Waals surface area contributed by atoms with E-state index in [1.807, 2.05) is 38.1 Å². The van der Waals surface area contributed by atoms with Crippen molar-refractivity contribution in [2.24, 2.45) is 10.7 Å². The monoisotopic (exact) mass is 453 g/mol. The summed E-state index contributed by atoms with van der Waals surface area (Å²) in [5.74, 6) is -0.178. The van der Waals surface area contributed by atoms with Crippen LogP contribution in [-0.4, -0.2) is 49.0 Å². The quantitative estimate of drug-likeness (QED) is 0.375. The molecule has 2 rings (SSSR count). The Morgan fingerprint density at radius 2 is 1.76 bits per heavy atom. The molecule has 0 unspecified atom stereocenters. The van der Waals surface area contributed by atoms with Gasteiger partial charge in [0.05, 0.1) is 24.8 Å². The van der Waals surface area contributed by atoms with Gasteiger partial charge in [-0.05, 0) is 50.6 Å². The van der Waals surface area contributed by atoms with Crippen LogP contribution in [0.2, 0.25) is 0 Å². The van der Waals surface area contributed by atoms with Crippen LogP contribution in [0.3, 0.4) is 0 Å². The second kappa shape index (κ2) is 11.2. The summed E-state index contributed by atoms with van der Waals surface area (Å²) in [5.41, 5.74) is 7.10. The van der Waals surface area contributed by atoms with E-state index in [0.717, 1.165) is 11.3 Å². The first-order valence-corrected chi connectivity index (χ1v) is 10.4. The maximum absolute atomic E-state index is 12.5. The van der Waals surface area contributed by atoms with E-state index >= 15 is 0 Å². The van der Waals surface area contributed by atoms with Crippen LogP contribution in [0.1, 0.15) is 31.9 Å². The molecule has 1 amide bonds. The number of para-hydroxylation sites is 1. The van der Waals surface area contributed by atoms with E-state index in [0.29, 0.717) is 17.0 Å². The summed E-state index contributed by atoms with van der Waals surface area (Å²) in [4.78, 5) is 28.2. The van der Waals surface area contributed by atoms with Crippen molar-refractivity contribution in [1.29, 1.82) is 0 Å². The lowest BCUT2D eigenvalue weighted by Gasteiger charge is -2.27. The first kappa shape index (κ1) is 25.5. The van der Waals surface area contributed by atoms with Gasteiger partial charge in [0.1, 0.15) is 23.7 Å². The number of hydrogen-bond donors (Lipinski definition) is 3. The lowest BCUT2D eigenvalue weighted by Crippen LogP contribution is -2.48. The summed E-state index contributed by atoms with van der Waals surface area (Å²) in [6.45, 7) is 5.42. The number of carboxylic acids is 1. The number of carbonyl (C=O) groups excluding carboxylic acids is 1. The molecule has 2 aromatic carbocycles. The first-order chi connectivity index (χ1) is 15.6. The second-order valence-electron chi connectivity index (χ2n) is 8.14. The van der Waals surface area contributed by atoms with Crippen LogP contribution < -0.4 is 20.5 Å². The molecule has 0 aliphatic rings. The standard InChI is InChI=1S/C25H31N3O5/c1-16(27-4)22(24(30)31)23(26)19-8-6-7-9-20(19)33-15-25(2,3)28-21(29)14-17-10-12-18(32-5)13-11-17/h6-13H,14-15,26H2,1-5H3,(H,28,29)(H,30,31)/b23-22-,27-16?. The Kier molecular flexibility index (Phi) is 8.62. The number of carboxylic acid groups (broad SMARTS) is 1. The van der Waals surface area contributed by atoms with Gasteiger partial charge in [-0.1, -0.05) is 24.3 Å². The maximum atomic E-state index is 12.5. The predicted molar refractivity (Wildman–Crippen MR) is 129 cm³/mol. The molecular formula is C25H31N3O5. The fraction of sp³-hybridized carbons (Fsp3) is 0.320. The van der Waals surface area contributed by atoms with Crippen molar-refractivity contribution in [3.63, 3.8) is 0 Å². The van der Waals surface area contributed by atoms with Crippen LogP contribution >= 0.6 is 0 Å². The molecule has 0 heterocycles. The van der Waals surface area contributed by atoms with Gasteiger partial charge in [0, 0.05) is 18.3 Å². The molecule has 0 aliphatic heterocycles. The summed E-state index contributed by atoms with van der Waals surface area (Å²) in [5, 5.41) is 12.6. The van der Waals surface area contributed by atoms with Crippen molar-refractivity contribution in [1.82, 2.24) is 5.32 Å². The van der Waals surface area contributed by atoms with Gasteiger partial charge in [0.25, 0.3) is 0 Å². The smallest absolute Gasteiger partial charge is 0.339 e. The predicted octanol–water partition coefficient (Wildman–Crippen LogP) is 3.06. The van der Waals surface area contributed by atoms with Crippen LogP contribution in [0.4, 0.5) is 0 Å². The van der Waals surface area contributed by atoms with Crippen LogP contribution in [0, 0.1) is 0 Å². The third-order valence-corrected chi connectivity index (χ3v) is 4.95. The topological polar surface area (TPSA) is 123 Å². The minimum Gasteiger partial charge on any atom is -0.497 e. The number of aliphatic imine (C=N–C) groups is 1. The minimum atomic E-state index is -1.17. The number of amides is 1. The average molecular weight is 454 g/mol. The number of aliphatic carboxylic acids is 1. The number of methoxy groups -OCH3 is 1. The molecule has 0 aromatic heterocycles. The molecule has 4 N–H and O–H groups in total. The number of nitrogens with zero attached hydrogens (tertiary/aromatic N) is 1. The molecular weight excluding hydrogens is 422 g/mol. The lowest BCUT2D eigenvalue weighted by molar-refractivity contribution is -0.132. The van der Waals surface area contributed by atoms with Crippen LogP contribution in [0.15, 0.2) is 59.1 Å². The molecule has 0 saturated heterocycles. The van der Waals surface area contributed by atoms with Gasteiger partial charge in [-0.15, -0.1) is 0 Å². The third-order valence-electron chi connectivity index (χ3n) is 4.95. The largest absolute Gasteiger partial charge is 0.497 e. The number of carbonyl (C=O) groups is 2. The Hall–Kier alpha value is -3.81. The Labute approximate surface area is 194 Å². The molecule has 0 fully saturated rings. The molecule has 0 atom stereocenters. The van der Waals surface area contributed by atoms with Gasteiger partial charge in [-0.2, -0.15) is 0 Å². The fourth-order valence-corrected chi connectivity index (χ4v) is 3.17. The highest BCUT2D eigenvalue weighted by atomic mass is 16.5. The highest BCUT2D eigenvalue weighted by Crippen LogP contribution is 2.26. The van der Waals surface area contributed by atoms with Gasteiger partial charge in [0.2, 0.25) is 5.91 Å². The van der Waals surface area contributed by atoms with Crippen molar-refractivity contribution >= 4 is 23.3 Å². The summed E-state index contributed by atoms with van der Waals surface area (Å²) in [6.07, 6.45) is 0.220.